The number of carbonyl (C=O) groups is 1. The lowest BCUT2D eigenvalue weighted by atomic mass is 10.1. The Hall–Kier alpha value is -1.82. The molecule has 1 aromatic carbocycles. The van der Waals surface area contributed by atoms with Gasteiger partial charge in [-0.05, 0) is 48.0 Å². The number of halogens is 1. The third-order valence-electron chi connectivity index (χ3n) is 3.08. The molecule has 0 saturated carbocycles. The highest BCUT2D eigenvalue weighted by atomic mass is 79.9. The third kappa shape index (κ3) is 3.85. The van der Waals surface area contributed by atoms with Gasteiger partial charge in [0.05, 0.1) is 24.4 Å². The number of hydrogen-bond acceptors (Lipinski definition) is 4. The van der Waals surface area contributed by atoms with E-state index in [2.05, 4.69) is 33.3 Å². The normalized spacial score (nSPS) is 12.0. The molecule has 1 N–H and O–H groups in total. The quantitative estimate of drug-likeness (QED) is 0.837. The number of ether oxygens (including phenoxy) is 1. The number of carbonyl (C=O) groups excluding carboxylic acids is 1. The van der Waals surface area contributed by atoms with E-state index in [1.807, 2.05) is 25.5 Å². The molecule has 1 unspecified atom stereocenters. The first-order valence-electron chi connectivity index (χ1n) is 6.73. The van der Waals surface area contributed by atoms with E-state index in [1.165, 1.54) is 0 Å². The van der Waals surface area contributed by atoms with Gasteiger partial charge < -0.3 is 10.1 Å². The summed E-state index contributed by atoms with van der Waals surface area (Å²) < 4.78 is 7.58. The van der Waals surface area contributed by atoms with Crippen LogP contribution in [0.2, 0.25) is 0 Å². The highest BCUT2D eigenvalue weighted by molar-refractivity contribution is 9.10. The van der Waals surface area contributed by atoms with Gasteiger partial charge in [-0.2, -0.15) is 5.10 Å². The van der Waals surface area contributed by atoms with E-state index >= 15 is 0 Å². The predicted molar refractivity (Wildman–Crippen MR) is 85.3 cm³/mol. The second-order valence-electron chi connectivity index (χ2n) is 4.73. The van der Waals surface area contributed by atoms with Gasteiger partial charge in [-0.1, -0.05) is 0 Å². The predicted octanol–water partition coefficient (Wildman–Crippen LogP) is 3.53. The zero-order chi connectivity index (χ0) is 15.4. The molecule has 0 spiro atoms. The Morgan fingerprint density at radius 3 is 2.86 bits per heavy atom. The standard InChI is InChI=1S/C15H18BrN3O2/c1-4-21-15(20)11-5-6-14(13(16)7-11)18-10(2)12-8-17-19(3)9-12/h5-10,18H,4H2,1-3H3. The molecule has 0 radical (unpaired) electrons. The Morgan fingerprint density at radius 2 is 2.29 bits per heavy atom. The largest absolute Gasteiger partial charge is 0.462 e. The Balaban J connectivity index is 2.12. The smallest absolute Gasteiger partial charge is 0.338 e. The lowest BCUT2D eigenvalue weighted by molar-refractivity contribution is 0.0526. The molecule has 112 valence electrons. The second-order valence-corrected chi connectivity index (χ2v) is 5.58. The van der Waals surface area contributed by atoms with Crippen molar-refractivity contribution in [2.75, 3.05) is 11.9 Å². The van der Waals surface area contributed by atoms with Crippen molar-refractivity contribution in [3.8, 4) is 0 Å². The first-order chi connectivity index (χ1) is 10.0. The molecule has 5 nitrogen and oxygen atoms in total. The lowest BCUT2D eigenvalue weighted by Crippen LogP contribution is -2.08. The fourth-order valence-corrected chi connectivity index (χ4v) is 2.45. The molecule has 0 bridgehead atoms. The Bertz CT molecular complexity index is 640. The van der Waals surface area contributed by atoms with Crippen LogP contribution < -0.4 is 5.32 Å². The molecule has 21 heavy (non-hydrogen) atoms. The first-order valence-corrected chi connectivity index (χ1v) is 7.52. The summed E-state index contributed by atoms with van der Waals surface area (Å²) in [5, 5.41) is 7.55. The van der Waals surface area contributed by atoms with E-state index in [-0.39, 0.29) is 12.0 Å². The number of esters is 1. The molecule has 2 rings (SSSR count). The number of anilines is 1. The van der Waals surface area contributed by atoms with Crippen LogP contribution in [-0.4, -0.2) is 22.4 Å². The van der Waals surface area contributed by atoms with Crippen molar-refractivity contribution in [1.82, 2.24) is 9.78 Å². The SMILES string of the molecule is CCOC(=O)c1ccc(NC(C)c2cnn(C)c2)c(Br)c1. The van der Waals surface area contributed by atoms with Gasteiger partial charge in [-0.3, -0.25) is 4.68 Å². The molecular weight excluding hydrogens is 334 g/mol. The maximum absolute atomic E-state index is 11.7. The molecule has 1 atom stereocenters. The number of hydrogen-bond donors (Lipinski definition) is 1. The Kier molecular flexibility index (Phi) is 5.01. The molecule has 0 aliphatic heterocycles. The molecule has 0 aliphatic rings. The minimum Gasteiger partial charge on any atom is -0.462 e. The molecule has 0 aliphatic carbocycles. The van der Waals surface area contributed by atoms with Gasteiger partial charge in [0.25, 0.3) is 0 Å². The van der Waals surface area contributed by atoms with E-state index < -0.39 is 0 Å². The first kappa shape index (κ1) is 15.6. The number of rotatable bonds is 5. The van der Waals surface area contributed by atoms with Crippen LogP contribution in [0.25, 0.3) is 0 Å². The molecule has 1 aromatic heterocycles. The summed E-state index contributed by atoms with van der Waals surface area (Å²) in [7, 11) is 1.89. The molecule has 2 aromatic rings. The lowest BCUT2D eigenvalue weighted by Gasteiger charge is -2.15. The molecule has 1 heterocycles. The zero-order valence-electron chi connectivity index (χ0n) is 12.3. The van der Waals surface area contributed by atoms with Gasteiger partial charge in [0, 0.05) is 29.0 Å². The van der Waals surface area contributed by atoms with Crippen LogP contribution in [0.3, 0.4) is 0 Å². The highest BCUT2D eigenvalue weighted by Crippen LogP contribution is 2.27. The number of aryl methyl sites for hydroxylation is 1. The van der Waals surface area contributed by atoms with E-state index in [4.69, 9.17) is 4.74 Å². The van der Waals surface area contributed by atoms with Crippen LogP contribution in [0, 0.1) is 0 Å². The Labute approximate surface area is 132 Å². The van der Waals surface area contributed by atoms with Crippen molar-refractivity contribution in [2.45, 2.75) is 19.9 Å². The third-order valence-corrected chi connectivity index (χ3v) is 3.73. The van der Waals surface area contributed by atoms with Gasteiger partial charge in [0.2, 0.25) is 0 Å². The van der Waals surface area contributed by atoms with Crippen LogP contribution >= 0.6 is 15.9 Å². The summed E-state index contributed by atoms with van der Waals surface area (Å²) in [6, 6.07) is 5.49. The molecule has 6 heteroatoms. The summed E-state index contributed by atoms with van der Waals surface area (Å²) in [6.07, 6.45) is 3.80. The summed E-state index contributed by atoms with van der Waals surface area (Å²) >= 11 is 3.48. The van der Waals surface area contributed by atoms with Crippen molar-refractivity contribution in [3.63, 3.8) is 0 Å². The molecule has 0 fully saturated rings. The van der Waals surface area contributed by atoms with Crippen molar-refractivity contribution < 1.29 is 9.53 Å². The van der Waals surface area contributed by atoms with Gasteiger partial charge in [-0.25, -0.2) is 4.79 Å². The summed E-state index contributed by atoms with van der Waals surface area (Å²) in [4.78, 5) is 11.7. The average molecular weight is 352 g/mol. The number of nitrogens with zero attached hydrogens (tertiary/aromatic N) is 2. The molecule has 0 saturated heterocycles. The summed E-state index contributed by atoms with van der Waals surface area (Å²) in [5.41, 5.74) is 2.54. The second kappa shape index (κ2) is 6.76. The highest BCUT2D eigenvalue weighted by Gasteiger charge is 2.12. The maximum Gasteiger partial charge on any atom is 0.338 e. The summed E-state index contributed by atoms with van der Waals surface area (Å²) in [6.45, 7) is 4.22. The van der Waals surface area contributed by atoms with Crippen LogP contribution in [0.4, 0.5) is 5.69 Å². The van der Waals surface area contributed by atoms with Crippen molar-refractivity contribution in [3.05, 3.63) is 46.2 Å². The topological polar surface area (TPSA) is 56.1 Å². The number of benzene rings is 1. The van der Waals surface area contributed by atoms with Crippen LogP contribution in [-0.2, 0) is 11.8 Å². The fourth-order valence-electron chi connectivity index (χ4n) is 1.95. The van der Waals surface area contributed by atoms with Crippen molar-refractivity contribution >= 4 is 27.6 Å². The molecular formula is C15H18BrN3O2. The van der Waals surface area contributed by atoms with Crippen LogP contribution in [0.15, 0.2) is 35.1 Å². The maximum atomic E-state index is 11.7. The van der Waals surface area contributed by atoms with Gasteiger partial charge in [0.1, 0.15) is 0 Å². The monoisotopic (exact) mass is 351 g/mol. The van der Waals surface area contributed by atoms with Crippen molar-refractivity contribution in [1.29, 1.82) is 0 Å². The van der Waals surface area contributed by atoms with Crippen LogP contribution in [0.1, 0.15) is 35.8 Å². The summed E-state index contributed by atoms with van der Waals surface area (Å²) in [5.74, 6) is -0.315. The minimum atomic E-state index is -0.315. The van der Waals surface area contributed by atoms with E-state index in [9.17, 15) is 4.79 Å². The minimum absolute atomic E-state index is 0.114. The van der Waals surface area contributed by atoms with E-state index in [0.29, 0.717) is 12.2 Å². The van der Waals surface area contributed by atoms with Crippen molar-refractivity contribution in [2.24, 2.45) is 7.05 Å². The number of aromatic nitrogens is 2. The average Bonchev–Trinajstić information content (AvgIpc) is 2.88. The van der Waals surface area contributed by atoms with Gasteiger partial charge in [0.15, 0.2) is 0 Å². The van der Waals surface area contributed by atoms with E-state index in [0.717, 1.165) is 15.7 Å². The van der Waals surface area contributed by atoms with Gasteiger partial charge >= 0.3 is 5.97 Å². The van der Waals surface area contributed by atoms with Gasteiger partial charge in [-0.15, -0.1) is 0 Å². The van der Waals surface area contributed by atoms with E-state index in [1.54, 1.807) is 23.7 Å². The number of nitrogens with one attached hydrogen (secondary N) is 1. The Morgan fingerprint density at radius 1 is 1.52 bits per heavy atom. The zero-order valence-corrected chi connectivity index (χ0v) is 13.8. The fraction of sp³-hybridized carbons (Fsp3) is 0.333. The molecule has 0 amide bonds. The van der Waals surface area contributed by atoms with Crippen LogP contribution in [0.5, 0.6) is 0 Å².